The minimum Gasteiger partial charge on any atom is -0.396 e. The number of piperidine rings is 2. The second-order valence-electron chi connectivity index (χ2n) is 7.14. The largest absolute Gasteiger partial charge is 0.396 e. The molecule has 0 radical (unpaired) electrons. The zero-order chi connectivity index (χ0) is 18.7. The van der Waals surface area contributed by atoms with Crippen LogP contribution < -0.4 is 0 Å². The lowest BCUT2D eigenvalue weighted by atomic mass is 9.72. The zero-order valence-electron chi connectivity index (χ0n) is 14.6. The molecule has 3 rings (SSSR count). The number of amides is 2. The van der Waals surface area contributed by atoms with Crippen LogP contribution in [0.15, 0.2) is 12.3 Å². The lowest BCUT2D eigenvalue weighted by molar-refractivity contribution is -0.139. The summed E-state index contributed by atoms with van der Waals surface area (Å²) in [5.41, 5.74) is 0.0345. The molecule has 0 unspecified atom stereocenters. The topological polar surface area (TPSA) is 78.7 Å². The van der Waals surface area contributed by atoms with Gasteiger partial charge in [-0.1, -0.05) is 0 Å². The lowest BCUT2D eigenvalue weighted by Crippen LogP contribution is -2.52. The van der Waals surface area contributed by atoms with Crippen molar-refractivity contribution in [1.82, 2.24) is 19.6 Å². The van der Waals surface area contributed by atoms with Gasteiger partial charge >= 0.3 is 6.55 Å². The molecular formula is C17H24F2N4O3. The van der Waals surface area contributed by atoms with Gasteiger partial charge in [0.2, 0.25) is 5.91 Å². The van der Waals surface area contributed by atoms with E-state index in [0.29, 0.717) is 43.7 Å². The first-order valence-electron chi connectivity index (χ1n) is 8.95. The fourth-order valence-corrected chi connectivity index (χ4v) is 3.88. The summed E-state index contributed by atoms with van der Waals surface area (Å²) in [5, 5.41) is 12.6. The first-order chi connectivity index (χ1) is 12.4. The molecule has 26 heavy (non-hydrogen) atoms. The summed E-state index contributed by atoms with van der Waals surface area (Å²) >= 11 is 0. The van der Waals surface area contributed by atoms with Gasteiger partial charge in [-0.3, -0.25) is 9.59 Å². The Morgan fingerprint density at radius 3 is 2.65 bits per heavy atom. The minimum atomic E-state index is -2.76. The van der Waals surface area contributed by atoms with Crippen molar-refractivity contribution in [3.63, 3.8) is 0 Å². The molecule has 0 atom stereocenters. The number of hydrogen-bond acceptors (Lipinski definition) is 4. The van der Waals surface area contributed by atoms with Crippen LogP contribution in [-0.2, 0) is 4.79 Å². The average Bonchev–Trinajstić information content (AvgIpc) is 3.13. The zero-order valence-corrected chi connectivity index (χ0v) is 14.6. The molecule has 2 amide bonds. The summed E-state index contributed by atoms with van der Waals surface area (Å²) in [6.45, 7) is -0.417. The Morgan fingerprint density at radius 1 is 1.31 bits per heavy atom. The van der Waals surface area contributed by atoms with E-state index in [9.17, 15) is 18.4 Å². The predicted molar refractivity (Wildman–Crippen MR) is 88.6 cm³/mol. The molecule has 1 N–H and O–H groups in total. The summed E-state index contributed by atoms with van der Waals surface area (Å²) in [7, 11) is 0. The highest BCUT2D eigenvalue weighted by molar-refractivity contribution is 5.92. The van der Waals surface area contributed by atoms with E-state index >= 15 is 0 Å². The third-order valence-electron chi connectivity index (χ3n) is 5.47. The molecule has 2 aliphatic heterocycles. The Balaban J connectivity index is 1.59. The molecule has 1 spiro atoms. The summed E-state index contributed by atoms with van der Waals surface area (Å²) in [6, 6.07) is 1.31. The van der Waals surface area contributed by atoms with Gasteiger partial charge in [-0.05, 0) is 37.2 Å². The highest BCUT2D eigenvalue weighted by atomic mass is 19.3. The highest BCUT2D eigenvalue weighted by Crippen LogP contribution is 2.40. The summed E-state index contributed by atoms with van der Waals surface area (Å²) in [6.07, 6.45) is 4.53. The number of carbonyl (C=O) groups excluding carboxylic acids is 2. The molecule has 2 saturated heterocycles. The van der Waals surface area contributed by atoms with Crippen LogP contribution in [0.5, 0.6) is 0 Å². The maximum absolute atomic E-state index is 12.6. The van der Waals surface area contributed by atoms with E-state index in [1.54, 1.807) is 4.90 Å². The molecule has 0 bridgehead atoms. The Kier molecular flexibility index (Phi) is 5.55. The van der Waals surface area contributed by atoms with Crippen molar-refractivity contribution in [1.29, 1.82) is 0 Å². The van der Waals surface area contributed by atoms with Crippen LogP contribution in [0.2, 0.25) is 0 Å². The van der Waals surface area contributed by atoms with Crippen LogP contribution in [0.25, 0.3) is 0 Å². The molecule has 2 aliphatic rings. The van der Waals surface area contributed by atoms with Gasteiger partial charge in [-0.25, -0.2) is 4.68 Å². The number of halogens is 2. The molecule has 0 aromatic carbocycles. The lowest BCUT2D eigenvalue weighted by Gasteiger charge is -2.47. The van der Waals surface area contributed by atoms with Gasteiger partial charge in [0.05, 0.1) is 0 Å². The Hall–Kier alpha value is -2.03. The third-order valence-corrected chi connectivity index (χ3v) is 5.47. The van der Waals surface area contributed by atoms with Crippen LogP contribution in [0, 0.1) is 5.41 Å². The van der Waals surface area contributed by atoms with Gasteiger partial charge < -0.3 is 14.9 Å². The van der Waals surface area contributed by atoms with Crippen LogP contribution in [0.1, 0.15) is 49.1 Å². The standard InChI is InChI=1S/C17H24F2N4O3/c18-16(19)23-8-3-13(20-23)15(26)21-9-5-17(6-10-21)4-2-14(25)22(12-17)7-1-11-24/h3,8,16,24H,1-2,4-7,9-12H2. The van der Waals surface area contributed by atoms with E-state index in [1.165, 1.54) is 6.07 Å². The molecule has 9 heteroatoms. The monoisotopic (exact) mass is 370 g/mol. The number of nitrogens with zero attached hydrogens (tertiary/aromatic N) is 4. The number of aromatic nitrogens is 2. The van der Waals surface area contributed by atoms with E-state index in [4.69, 9.17) is 5.11 Å². The van der Waals surface area contributed by atoms with Crippen molar-refractivity contribution in [3.05, 3.63) is 18.0 Å². The van der Waals surface area contributed by atoms with Gasteiger partial charge in [0.25, 0.3) is 5.91 Å². The fraction of sp³-hybridized carbons (Fsp3) is 0.706. The smallest absolute Gasteiger partial charge is 0.333 e. The highest BCUT2D eigenvalue weighted by Gasteiger charge is 2.41. The predicted octanol–water partition coefficient (Wildman–Crippen LogP) is 1.51. The van der Waals surface area contributed by atoms with Gasteiger partial charge in [-0.15, -0.1) is 0 Å². The van der Waals surface area contributed by atoms with Gasteiger partial charge in [0, 0.05) is 45.4 Å². The molecule has 144 valence electrons. The molecule has 0 aliphatic carbocycles. The average molecular weight is 370 g/mol. The minimum absolute atomic E-state index is 0.00246. The van der Waals surface area contributed by atoms with Crippen LogP contribution >= 0.6 is 0 Å². The van der Waals surface area contributed by atoms with Crippen molar-refractivity contribution in [2.75, 3.05) is 32.8 Å². The molecule has 3 heterocycles. The second kappa shape index (κ2) is 7.69. The van der Waals surface area contributed by atoms with Crippen LogP contribution in [0.4, 0.5) is 8.78 Å². The van der Waals surface area contributed by atoms with E-state index in [2.05, 4.69) is 5.10 Å². The Labute approximate surface area is 150 Å². The van der Waals surface area contributed by atoms with E-state index in [1.807, 2.05) is 4.90 Å². The summed E-state index contributed by atoms with van der Waals surface area (Å²) < 4.78 is 25.7. The van der Waals surface area contributed by atoms with Gasteiger partial charge in [0.1, 0.15) is 0 Å². The quantitative estimate of drug-likeness (QED) is 0.852. The third kappa shape index (κ3) is 3.87. The van der Waals surface area contributed by atoms with Crippen molar-refractivity contribution in [2.24, 2.45) is 5.41 Å². The van der Waals surface area contributed by atoms with Crippen molar-refractivity contribution < 1.29 is 23.5 Å². The maximum atomic E-state index is 12.6. The van der Waals surface area contributed by atoms with Crippen molar-refractivity contribution in [3.8, 4) is 0 Å². The van der Waals surface area contributed by atoms with Crippen molar-refractivity contribution in [2.45, 2.75) is 38.7 Å². The van der Waals surface area contributed by atoms with Gasteiger partial charge in [0.15, 0.2) is 5.69 Å². The first kappa shape index (κ1) is 18.8. The van der Waals surface area contributed by atoms with E-state index in [0.717, 1.165) is 25.5 Å². The SMILES string of the molecule is O=C1CCC2(CCN(C(=O)c3ccn(C(F)F)n3)CC2)CN1CCCO. The number of alkyl halides is 2. The van der Waals surface area contributed by atoms with Crippen LogP contribution in [-0.4, -0.2) is 69.3 Å². The number of hydrogen-bond donors (Lipinski definition) is 1. The number of likely N-dealkylation sites (tertiary alicyclic amines) is 2. The Morgan fingerprint density at radius 2 is 2.04 bits per heavy atom. The molecule has 1 aromatic rings. The second-order valence-corrected chi connectivity index (χ2v) is 7.14. The molecule has 2 fully saturated rings. The Bertz CT molecular complexity index is 656. The van der Waals surface area contributed by atoms with Crippen LogP contribution in [0.3, 0.4) is 0 Å². The maximum Gasteiger partial charge on any atom is 0.333 e. The molecule has 1 aromatic heterocycles. The molecular weight excluding hydrogens is 346 g/mol. The normalized spacial score (nSPS) is 20.2. The summed E-state index contributed by atoms with van der Waals surface area (Å²) in [5.74, 6) is -0.205. The van der Waals surface area contributed by atoms with E-state index < -0.39 is 6.55 Å². The number of rotatable bonds is 5. The molecule has 0 saturated carbocycles. The number of aliphatic hydroxyl groups is 1. The summed E-state index contributed by atoms with van der Waals surface area (Å²) in [4.78, 5) is 28.0. The molecule has 7 nitrogen and oxygen atoms in total. The van der Waals surface area contributed by atoms with Crippen molar-refractivity contribution >= 4 is 11.8 Å². The van der Waals surface area contributed by atoms with Gasteiger partial charge in [-0.2, -0.15) is 13.9 Å². The fourth-order valence-electron chi connectivity index (χ4n) is 3.88. The number of carbonyl (C=O) groups is 2. The van der Waals surface area contributed by atoms with E-state index in [-0.39, 0.29) is 29.5 Å². The number of aliphatic hydroxyl groups excluding tert-OH is 1. The first-order valence-corrected chi connectivity index (χ1v) is 8.95.